The smallest absolute Gasteiger partial charge is 0.265 e. The highest BCUT2D eigenvalue weighted by molar-refractivity contribution is 7.89. The van der Waals surface area contributed by atoms with Crippen LogP contribution < -0.4 is 9.64 Å². The molecule has 1 aromatic carbocycles. The van der Waals surface area contributed by atoms with E-state index in [9.17, 15) is 18.0 Å². The molecule has 4 rings (SSSR count). The summed E-state index contributed by atoms with van der Waals surface area (Å²) in [5.74, 6) is 1.30. The Labute approximate surface area is 190 Å². The van der Waals surface area contributed by atoms with Crippen LogP contribution in [0.15, 0.2) is 23.1 Å². The second-order valence-corrected chi connectivity index (χ2v) is 11.7. The summed E-state index contributed by atoms with van der Waals surface area (Å²) >= 11 is 0. The Bertz CT molecular complexity index is 977. The largest absolute Gasteiger partial charge is 0.482 e. The summed E-state index contributed by atoms with van der Waals surface area (Å²) in [7, 11) is -3.68. The maximum absolute atomic E-state index is 13.2. The number of sulfonamides is 1. The van der Waals surface area contributed by atoms with E-state index in [1.807, 2.05) is 4.90 Å². The summed E-state index contributed by atoms with van der Waals surface area (Å²) in [6.07, 6.45) is 2.75. The average Bonchev–Trinajstić information content (AvgIpc) is 2.75. The van der Waals surface area contributed by atoms with Crippen molar-refractivity contribution in [2.45, 2.75) is 44.9 Å². The van der Waals surface area contributed by atoms with Gasteiger partial charge in [-0.2, -0.15) is 4.31 Å². The van der Waals surface area contributed by atoms with E-state index >= 15 is 0 Å². The van der Waals surface area contributed by atoms with E-state index < -0.39 is 10.0 Å². The second-order valence-electron chi connectivity index (χ2n) is 9.73. The zero-order chi connectivity index (χ0) is 23.0. The number of carbonyl (C=O) groups is 2. The summed E-state index contributed by atoms with van der Waals surface area (Å²) in [6, 6.07) is 4.59. The molecule has 3 aliphatic rings. The van der Waals surface area contributed by atoms with Crippen LogP contribution in [0.5, 0.6) is 5.75 Å². The van der Waals surface area contributed by atoms with Crippen LogP contribution in [0.3, 0.4) is 0 Å². The molecule has 176 valence electrons. The molecule has 8 nitrogen and oxygen atoms in total. The van der Waals surface area contributed by atoms with Gasteiger partial charge < -0.3 is 9.64 Å². The summed E-state index contributed by atoms with van der Waals surface area (Å²) < 4.78 is 33.5. The van der Waals surface area contributed by atoms with Crippen LogP contribution in [-0.4, -0.2) is 68.8 Å². The van der Waals surface area contributed by atoms with Gasteiger partial charge in [-0.05, 0) is 55.2 Å². The van der Waals surface area contributed by atoms with Crippen molar-refractivity contribution in [2.24, 2.45) is 17.8 Å². The van der Waals surface area contributed by atoms with Crippen molar-refractivity contribution in [3.8, 4) is 5.75 Å². The summed E-state index contributed by atoms with van der Waals surface area (Å²) in [5, 5.41) is 0. The Hall–Kier alpha value is -2.13. The molecule has 0 unspecified atom stereocenters. The number of rotatable bonds is 4. The van der Waals surface area contributed by atoms with Gasteiger partial charge in [-0.1, -0.05) is 20.8 Å². The number of hydrogen-bond acceptors (Lipinski definition) is 5. The first-order chi connectivity index (χ1) is 15.1. The van der Waals surface area contributed by atoms with E-state index in [1.165, 1.54) is 21.3 Å². The molecule has 0 N–H and O–H groups in total. The number of likely N-dealkylation sites (tertiary alicyclic amines) is 1. The van der Waals surface area contributed by atoms with E-state index in [0.29, 0.717) is 55.4 Å². The van der Waals surface area contributed by atoms with Gasteiger partial charge in [0.05, 0.1) is 10.6 Å². The number of carbonyl (C=O) groups excluding carboxylic acids is 2. The Morgan fingerprint density at radius 2 is 1.72 bits per heavy atom. The lowest BCUT2D eigenvalue weighted by molar-refractivity contribution is -0.134. The average molecular weight is 464 g/mol. The van der Waals surface area contributed by atoms with Crippen molar-refractivity contribution in [1.82, 2.24) is 9.21 Å². The van der Waals surface area contributed by atoms with Gasteiger partial charge in [-0.15, -0.1) is 0 Å². The molecular weight excluding hydrogens is 430 g/mol. The fourth-order valence-electron chi connectivity index (χ4n) is 4.99. The van der Waals surface area contributed by atoms with Crippen LogP contribution >= 0.6 is 0 Å². The van der Waals surface area contributed by atoms with E-state index in [2.05, 4.69) is 20.8 Å². The molecule has 3 heterocycles. The van der Waals surface area contributed by atoms with Crippen LogP contribution in [-0.2, 0) is 19.6 Å². The van der Waals surface area contributed by atoms with Gasteiger partial charge >= 0.3 is 0 Å². The number of benzene rings is 1. The molecule has 0 saturated carbocycles. The maximum atomic E-state index is 13.2. The molecule has 0 bridgehead atoms. The van der Waals surface area contributed by atoms with E-state index in [1.54, 1.807) is 6.07 Å². The zero-order valence-corrected chi connectivity index (χ0v) is 19.9. The van der Waals surface area contributed by atoms with Crippen molar-refractivity contribution in [3.63, 3.8) is 0 Å². The zero-order valence-electron chi connectivity index (χ0n) is 19.1. The summed E-state index contributed by atoms with van der Waals surface area (Å²) in [5.41, 5.74) is 0.346. The Balaban J connectivity index is 1.58. The minimum atomic E-state index is -3.68. The first-order valence-corrected chi connectivity index (χ1v) is 12.9. The van der Waals surface area contributed by atoms with E-state index in [0.717, 1.165) is 19.3 Å². The highest BCUT2D eigenvalue weighted by atomic mass is 32.2. The number of piperidine rings is 2. The quantitative estimate of drug-likeness (QED) is 0.684. The molecule has 0 aromatic heterocycles. The van der Waals surface area contributed by atoms with Crippen LogP contribution in [0.25, 0.3) is 0 Å². The first kappa shape index (κ1) is 23.0. The molecule has 3 aliphatic heterocycles. The van der Waals surface area contributed by atoms with E-state index in [4.69, 9.17) is 4.74 Å². The van der Waals surface area contributed by atoms with E-state index in [-0.39, 0.29) is 29.9 Å². The summed E-state index contributed by atoms with van der Waals surface area (Å²) in [6.45, 7) is 8.44. The lowest BCUT2D eigenvalue weighted by Crippen LogP contribution is -2.50. The number of nitrogens with zero attached hydrogens (tertiary/aromatic N) is 3. The number of anilines is 1. The second kappa shape index (κ2) is 9.02. The van der Waals surface area contributed by atoms with Gasteiger partial charge in [0.15, 0.2) is 6.61 Å². The fraction of sp³-hybridized carbons (Fsp3) is 0.652. The molecule has 0 spiro atoms. The Kier molecular flexibility index (Phi) is 6.49. The van der Waals surface area contributed by atoms with Gasteiger partial charge in [-0.3, -0.25) is 14.5 Å². The molecule has 1 aromatic rings. The number of fused-ring (bicyclic) bond motifs is 1. The molecular formula is C23H33N3O5S. The highest BCUT2D eigenvalue weighted by Crippen LogP contribution is 2.36. The molecule has 0 aliphatic carbocycles. The van der Waals surface area contributed by atoms with Gasteiger partial charge in [0, 0.05) is 26.2 Å². The van der Waals surface area contributed by atoms with Crippen LogP contribution in [0.1, 0.15) is 40.0 Å². The topological polar surface area (TPSA) is 87.2 Å². The predicted molar refractivity (Wildman–Crippen MR) is 121 cm³/mol. The number of ether oxygens (including phenoxy) is 1. The third-order valence-corrected chi connectivity index (χ3v) is 8.66. The van der Waals surface area contributed by atoms with Crippen molar-refractivity contribution < 1.29 is 22.7 Å². The van der Waals surface area contributed by atoms with Crippen molar-refractivity contribution in [3.05, 3.63) is 18.2 Å². The van der Waals surface area contributed by atoms with Gasteiger partial charge in [0.2, 0.25) is 15.9 Å². The molecule has 2 atom stereocenters. The molecule has 9 heteroatoms. The fourth-order valence-corrected chi connectivity index (χ4v) is 6.48. The molecule has 2 saturated heterocycles. The number of hydrogen-bond donors (Lipinski definition) is 0. The minimum absolute atomic E-state index is 0.112. The lowest BCUT2D eigenvalue weighted by Gasteiger charge is -2.37. The minimum Gasteiger partial charge on any atom is -0.482 e. The van der Waals surface area contributed by atoms with Crippen LogP contribution in [0.4, 0.5) is 5.69 Å². The third kappa shape index (κ3) is 4.64. The Morgan fingerprint density at radius 3 is 2.38 bits per heavy atom. The first-order valence-electron chi connectivity index (χ1n) is 11.5. The molecule has 2 fully saturated rings. The summed E-state index contributed by atoms with van der Waals surface area (Å²) in [4.78, 5) is 29.0. The SMILES string of the molecule is CC1CCN(S(=O)(=O)c2ccc3c(c2)N(CC(=O)N2C[C@@H](C)C[C@H](C)C2)C(=O)CO3)CC1. The predicted octanol–water partition coefficient (Wildman–Crippen LogP) is 2.34. The monoisotopic (exact) mass is 463 g/mol. The van der Waals surface area contributed by atoms with Gasteiger partial charge in [0.1, 0.15) is 12.3 Å². The third-order valence-electron chi connectivity index (χ3n) is 6.77. The molecule has 32 heavy (non-hydrogen) atoms. The van der Waals surface area contributed by atoms with Crippen molar-refractivity contribution >= 4 is 27.5 Å². The number of amides is 2. The normalized spacial score (nSPS) is 25.4. The van der Waals surface area contributed by atoms with Crippen molar-refractivity contribution in [2.75, 3.05) is 44.2 Å². The molecule has 2 amide bonds. The Morgan fingerprint density at radius 1 is 1.06 bits per heavy atom. The maximum Gasteiger partial charge on any atom is 0.265 e. The van der Waals surface area contributed by atoms with Crippen molar-refractivity contribution in [1.29, 1.82) is 0 Å². The van der Waals surface area contributed by atoms with Gasteiger partial charge in [0.25, 0.3) is 5.91 Å². The lowest BCUT2D eigenvalue weighted by atomic mass is 9.92. The van der Waals surface area contributed by atoms with Crippen LogP contribution in [0.2, 0.25) is 0 Å². The van der Waals surface area contributed by atoms with Gasteiger partial charge in [-0.25, -0.2) is 8.42 Å². The highest BCUT2D eigenvalue weighted by Gasteiger charge is 2.34. The molecule has 0 radical (unpaired) electrons. The standard InChI is InChI=1S/C23H33N3O5S/c1-16-6-8-25(9-7-16)32(29,30)19-4-5-21-20(11-19)26(23(28)15-31-21)14-22(27)24-12-17(2)10-18(3)13-24/h4-5,11,16-18H,6-10,12-15H2,1-3H3/t17-,18-/m0/s1. The van der Waals surface area contributed by atoms with Crippen LogP contribution in [0, 0.1) is 17.8 Å².